The standard InChI is InChI=1S/C22H25N5O/c1-14(2)11-24-22-25-21-19(27(22)13-17-8-6-5-7-9-17)10-18(12-23-21)20-15(3)26-28-16(20)4/h5-10,12,14H,11,13H2,1-4H3,(H,23,24,25). The summed E-state index contributed by atoms with van der Waals surface area (Å²) >= 11 is 0. The topological polar surface area (TPSA) is 68.8 Å². The number of imidazole rings is 1. The molecular formula is C22H25N5O. The highest BCUT2D eigenvalue weighted by atomic mass is 16.5. The van der Waals surface area contributed by atoms with E-state index in [2.05, 4.69) is 64.2 Å². The summed E-state index contributed by atoms with van der Waals surface area (Å²) in [5.41, 5.74) is 5.81. The number of pyridine rings is 1. The van der Waals surface area contributed by atoms with Gasteiger partial charge in [0.05, 0.1) is 17.8 Å². The minimum Gasteiger partial charge on any atom is -0.361 e. The number of nitrogens with zero attached hydrogens (tertiary/aromatic N) is 4. The SMILES string of the molecule is Cc1noc(C)c1-c1cnc2nc(NCC(C)C)n(Cc3ccccc3)c2c1. The van der Waals surface area contributed by atoms with E-state index in [4.69, 9.17) is 9.51 Å². The maximum Gasteiger partial charge on any atom is 0.205 e. The van der Waals surface area contributed by atoms with Crippen molar-refractivity contribution in [3.63, 3.8) is 0 Å². The Morgan fingerprint density at radius 2 is 1.93 bits per heavy atom. The molecule has 28 heavy (non-hydrogen) atoms. The van der Waals surface area contributed by atoms with Crippen molar-refractivity contribution in [2.75, 3.05) is 11.9 Å². The summed E-state index contributed by atoms with van der Waals surface area (Å²) in [5, 5.41) is 7.56. The second-order valence-electron chi connectivity index (χ2n) is 7.55. The van der Waals surface area contributed by atoms with E-state index in [0.29, 0.717) is 5.92 Å². The van der Waals surface area contributed by atoms with Gasteiger partial charge in [-0.3, -0.25) is 0 Å². The molecule has 144 valence electrons. The van der Waals surface area contributed by atoms with Gasteiger partial charge in [0.2, 0.25) is 5.95 Å². The summed E-state index contributed by atoms with van der Waals surface area (Å²) in [4.78, 5) is 9.38. The Labute approximate surface area is 164 Å². The largest absolute Gasteiger partial charge is 0.361 e. The summed E-state index contributed by atoms with van der Waals surface area (Å²) in [7, 11) is 0. The number of fused-ring (bicyclic) bond motifs is 1. The van der Waals surface area contributed by atoms with Crippen LogP contribution in [-0.2, 0) is 6.54 Å². The molecule has 6 nitrogen and oxygen atoms in total. The third-order valence-corrected chi connectivity index (χ3v) is 4.78. The van der Waals surface area contributed by atoms with Crippen LogP contribution in [0.3, 0.4) is 0 Å². The molecule has 0 amide bonds. The molecule has 4 rings (SSSR count). The Hall–Kier alpha value is -3.15. The molecule has 0 aliphatic rings. The van der Waals surface area contributed by atoms with Crippen molar-refractivity contribution in [2.24, 2.45) is 5.92 Å². The zero-order valence-electron chi connectivity index (χ0n) is 16.7. The molecule has 0 saturated heterocycles. The molecule has 6 heteroatoms. The average molecular weight is 375 g/mol. The maximum atomic E-state index is 5.35. The Balaban J connectivity index is 1.83. The fraction of sp³-hybridized carbons (Fsp3) is 0.318. The van der Waals surface area contributed by atoms with E-state index >= 15 is 0 Å². The molecule has 0 bridgehead atoms. The third-order valence-electron chi connectivity index (χ3n) is 4.78. The molecule has 0 saturated carbocycles. The molecule has 0 spiro atoms. The smallest absolute Gasteiger partial charge is 0.205 e. The van der Waals surface area contributed by atoms with E-state index < -0.39 is 0 Å². The zero-order chi connectivity index (χ0) is 19.7. The van der Waals surface area contributed by atoms with Gasteiger partial charge in [-0.25, -0.2) is 4.98 Å². The van der Waals surface area contributed by atoms with Crippen LogP contribution in [0.25, 0.3) is 22.3 Å². The minimum absolute atomic E-state index is 0.524. The van der Waals surface area contributed by atoms with Crippen molar-refractivity contribution in [1.29, 1.82) is 0 Å². The van der Waals surface area contributed by atoms with Crippen LogP contribution >= 0.6 is 0 Å². The van der Waals surface area contributed by atoms with Crippen molar-refractivity contribution in [3.05, 3.63) is 59.6 Å². The van der Waals surface area contributed by atoms with Gasteiger partial charge >= 0.3 is 0 Å². The number of benzene rings is 1. The van der Waals surface area contributed by atoms with Gasteiger partial charge in [0, 0.05) is 23.9 Å². The monoisotopic (exact) mass is 375 g/mol. The van der Waals surface area contributed by atoms with Crippen LogP contribution in [0.15, 0.2) is 47.1 Å². The van der Waals surface area contributed by atoms with Crippen LogP contribution in [0.2, 0.25) is 0 Å². The third kappa shape index (κ3) is 3.50. The molecule has 0 unspecified atom stereocenters. The first kappa shape index (κ1) is 18.2. The van der Waals surface area contributed by atoms with Gasteiger partial charge < -0.3 is 14.4 Å². The fourth-order valence-corrected chi connectivity index (χ4v) is 3.39. The molecule has 1 aromatic carbocycles. The lowest BCUT2D eigenvalue weighted by Crippen LogP contribution is -2.13. The molecule has 1 N–H and O–H groups in total. The van der Waals surface area contributed by atoms with Crippen molar-refractivity contribution in [3.8, 4) is 11.1 Å². The zero-order valence-corrected chi connectivity index (χ0v) is 16.7. The molecule has 3 heterocycles. The van der Waals surface area contributed by atoms with Gasteiger partial charge in [-0.2, -0.15) is 4.98 Å². The first-order valence-electron chi connectivity index (χ1n) is 9.60. The molecule has 4 aromatic rings. The number of aromatic nitrogens is 4. The van der Waals surface area contributed by atoms with Crippen LogP contribution in [0.1, 0.15) is 30.9 Å². The average Bonchev–Trinajstić information content (AvgIpc) is 3.20. The molecule has 0 aliphatic heterocycles. The van der Waals surface area contributed by atoms with E-state index in [0.717, 1.165) is 52.8 Å². The van der Waals surface area contributed by atoms with E-state index in [1.165, 1.54) is 5.56 Å². The number of nitrogens with one attached hydrogen (secondary N) is 1. The van der Waals surface area contributed by atoms with Crippen LogP contribution < -0.4 is 5.32 Å². The van der Waals surface area contributed by atoms with E-state index in [1.807, 2.05) is 26.1 Å². The van der Waals surface area contributed by atoms with Crippen molar-refractivity contribution < 1.29 is 4.52 Å². The number of anilines is 1. The molecular weight excluding hydrogens is 350 g/mol. The molecule has 0 aliphatic carbocycles. The second kappa shape index (κ2) is 7.46. The second-order valence-corrected chi connectivity index (χ2v) is 7.55. The molecule has 3 aromatic heterocycles. The summed E-state index contributed by atoms with van der Waals surface area (Å²) in [5.74, 6) is 2.16. The Bertz CT molecular complexity index is 1080. The summed E-state index contributed by atoms with van der Waals surface area (Å²) in [6.07, 6.45) is 1.85. The van der Waals surface area contributed by atoms with Crippen LogP contribution in [0.4, 0.5) is 5.95 Å². The Kier molecular flexibility index (Phi) is 4.86. The van der Waals surface area contributed by atoms with Crippen molar-refractivity contribution >= 4 is 17.1 Å². The van der Waals surface area contributed by atoms with Gasteiger partial charge in [-0.1, -0.05) is 49.3 Å². The highest BCUT2D eigenvalue weighted by molar-refractivity contribution is 5.81. The summed E-state index contributed by atoms with van der Waals surface area (Å²) in [6.45, 7) is 9.83. The predicted octanol–water partition coefficient (Wildman–Crippen LogP) is 4.82. The number of aryl methyl sites for hydroxylation is 2. The Morgan fingerprint density at radius 3 is 2.61 bits per heavy atom. The first-order valence-corrected chi connectivity index (χ1v) is 9.60. The van der Waals surface area contributed by atoms with Crippen LogP contribution in [0.5, 0.6) is 0 Å². The lowest BCUT2D eigenvalue weighted by Gasteiger charge is -2.12. The number of hydrogen-bond donors (Lipinski definition) is 1. The lowest BCUT2D eigenvalue weighted by molar-refractivity contribution is 0.393. The van der Waals surface area contributed by atoms with Crippen molar-refractivity contribution in [1.82, 2.24) is 19.7 Å². The molecule has 0 radical (unpaired) electrons. The molecule has 0 atom stereocenters. The predicted molar refractivity (Wildman–Crippen MR) is 111 cm³/mol. The van der Waals surface area contributed by atoms with Crippen LogP contribution in [0, 0.1) is 19.8 Å². The van der Waals surface area contributed by atoms with E-state index in [-0.39, 0.29) is 0 Å². The first-order chi connectivity index (χ1) is 13.5. The highest BCUT2D eigenvalue weighted by Crippen LogP contribution is 2.30. The van der Waals surface area contributed by atoms with Gasteiger partial charge in [-0.05, 0) is 31.4 Å². The normalized spacial score (nSPS) is 11.5. The van der Waals surface area contributed by atoms with Gasteiger partial charge in [-0.15, -0.1) is 0 Å². The highest BCUT2D eigenvalue weighted by Gasteiger charge is 2.17. The van der Waals surface area contributed by atoms with Gasteiger partial charge in [0.1, 0.15) is 5.76 Å². The minimum atomic E-state index is 0.524. The van der Waals surface area contributed by atoms with Gasteiger partial charge in [0.25, 0.3) is 0 Å². The summed E-state index contributed by atoms with van der Waals surface area (Å²) in [6, 6.07) is 12.5. The maximum absolute atomic E-state index is 5.35. The number of hydrogen-bond acceptors (Lipinski definition) is 5. The van der Waals surface area contributed by atoms with Gasteiger partial charge in [0.15, 0.2) is 5.65 Å². The quantitative estimate of drug-likeness (QED) is 0.523. The van der Waals surface area contributed by atoms with Crippen LogP contribution in [-0.4, -0.2) is 26.2 Å². The Morgan fingerprint density at radius 1 is 1.14 bits per heavy atom. The molecule has 0 fully saturated rings. The fourth-order valence-electron chi connectivity index (χ4n) is 3.39. The van der Waals surface area contributed by atoms with Crippen molar-refractivity contribution in [2.45, 2.75) is 34.2 Å². The van der Waals surface area contributed by atoms with E-state index in [9.17, 15) is 0 Å². The van der Waals surface area contributed by atoms with E-state index in [1.54, 1.807) is 0 Å². The lowest BCUT2D eigenvalue weighted by atomic mass is 10.1. The number of rotatable bonds is 6. The summed E-state index contributed by atoms with van der Waals surface area (Å²) < 4.78 is 7.54.